The molecule has 0 bridgehead atoms. The van der Waals surface area contributed by atoms with Crippen LogP contribution in [0, 0.1) is 5.92 Å². The van der Waals surface area contributed by atoms with Crippen molar-refractivity contribution in [2.45, 2.75) is 46.6 Å². The molecule has 0 rings (SSSR count). The fraction of sp³-hybridized carbons (Fsp3) is 0.917. The van der Waals surface area contributed by atoms with E-state index in [9.17, 15) is 4.79 Å². The molecular formula is C12H25NO2. The summed E-state index contributed by atoms with van der Waals surface area (Å²) < 4.78 is 5.38. The molecule has 0 aliphatic rings. The van der Waals surface area contributed by atoms with Crippen molar-refractivity contribution in [1.82, 2.24) is 4.90 Å². The number of rotatable bonds is 7. The van der Waals surface area contributed by atoms with Crippen LogP contribution in [0.5, 0.6) is 0 Å². The van der Waals surface area contributed by atoms with E-state index in [0.29, 0.717) is 18.9 Å². The SMILES string of the molecule is CC(C)CN(C)C(=O)CCCOC(C)C. The van der Waals surface area contributed by atoms with Crippen LogP contribution < -0.4 is 0 Å². The Hall–Kier alpha value is -0.570. The van der Waals surface area contributed by atoms with E-state index in [1.165, 1.54) is 0 Å². The van der Waals surface area contributed by atoms with Gasteiger partial charge in [0.05, 0.1) is 6.10 Å². The first-order chi connectivity index (χ1) is 6.93. The minimum absolute atomic E-state index is 0.219. The van der Waals surface area contributed by atoms with Gasteiger partial charge in [0.1, 0.15) is 0 Å². The monoisotopic (exact) mass is 215 g/mol. The number of carbonyl (C=O) groups excluding carboxylic acids is 1. The maximum absolute atomic E-state index is 11.6. The van der Waals surface area contributed by atoms with Gasteiger partial charge < -0.3 is 9.64 Å². The first kappa shape index (κ1) is 14.4. The summed E-state index contributed by atoms with van der Waals surface area (Å²) in [6.45, 7) is 9.76. The van der Waals surface area contributed by atoms with Gasteiger partial charge in [-0.2, -0.15) is 0 Å². The second-order valence-electron chi connectivity index (χ2n) is 4.69. The van der Waals surface area contributed by atoms with Crippen molar-refractivity contribution in [2.75, 3.05) is 20.2 Å². The second kappa shape index (κ2) is 7.69. The van der Waals surface area contributed by atoms with Gasteiger partial charge in [-0.15, -0.1) is 0 Å². The van der Waals surface area contributed by atoms with Gasteiger partial charge in [0.15, 0.2) is 0 Å². The van der Waals surface area contributed by atoms with Crippen LogP contribution in [0.4, 0.5) is 0 Å². The third kappa shape index (κ3) is 8.43. The van der Waals surface area contributed by atoms with Crippen molar-refractivity contribution < 1.29 is 9.53 Å². The van der Waals surface area contributed by atoms with Crippen molar-refractivity contribution in [3.8, 4) is 0 Å². The molecule has 90 valence electrons. The summed E-state index contributed by atoms with van der Waals surface area (Å²) in [6, 6.07) is 0. The Labute approximate surface area is 93.8 Å². The smallest absolute Gasteiger partial charge is 0.222 e. The van der Waals surface area contributed by atoms with E-state index in [0.717, 1.165) is 13.0 Å². The van der Waals surface area contributed by atoms with E-state index >= 15 is 0 Å². The second-order valence-corrected chi connectivity index (χ2v) is 4.69. The van der Waals surface area contributed by atoms with E-state index in [1.807, 2.05) is 20.9 Å². The van der Waals surface area contributed by atoms with Crippen LogP contribution in [-0.4, -0.2) is 37.1 Å². The molecule has 3 heteroatoms. The molecule has 3 nitrogen and oxygen atoms in total. The minimum atomic E-state index is 0.219. The Kier molecular flexibility index (Phi) is 7.39. The van der Waals surface area contributed by atoms with Crippen LogP contribution in [0.1, 0.15) is 40.5 Å². The molecule has 0 aliphatic heterocycles. The Morgan fingerprint density at radius 1 is 1.27 bits per heavy atom. The molecule has 0 fully saturated rings. The maximum Gasteiger partial charge on any atom is 0.222 e. The van der Waals surface area contributed by atoms with Gasteiger partial charge >= 0.3 is 0 Å². The van der Waals surface area contributed by atoms with Gasteiger partial charge in [0, 0.05) is 26.6 Å². The highest BCUT2D eigenvalue weighted by Gasteiger charge is 2.09. The lowest BCUT2D eigenvalue weighted by molar-refractivity contribution is -0.130. The molecule has 0 aromatic carbocycles. The predicted octanol–water partition coefficient (Wildman–Crippen LogP) is 2.31. The van der Waals surface area contributed by atoms with Crippen LogP contribution in [0.3, 0.4) is 0 Å². The molecule has 1 amide bonds. The highest BCUT2D eigenvalue weighted by Crippen LogP contribution is 2.01. The Morgan fingerprint density at radius 2 is 1.87 bits per heavy atom. The topological polar surface area (TPSA) is 29.5 Å². The zero-order valence-corrected chi connectivity index (χ0v) is 10.7. The van der Waals surface area contributed by atoms with Gasteiger partial charge in [0.25, 0.3) is 0 Å². The van der Waals surface area contributed by atoms with Crippen LogP contribution in [0.2, 0.25) is 0 Å². The molecular weight excluding hydrogens is 190 g/mol. The van der Waals surface area contributed by atoms with Crippen LogP contribution in [0.25, 0.3) is 0 Å². The van der Waals surface area contributed by atoms with Crippen molar-refractivity contribution in [3.63, 3.8) is 0 Å². The number of hydrogen-bond donors (Lipinski definition) is 0. The summed E-state index contributed by atoms with van der Waals surface area (Å²) >= 11 is 0. The lowest BCUT2D eigenvalue weighted by Crippen LogP contribution is -2.30. The lowest BCUT2D eigenvalue weighted by Gasteiger charge is -2.19. The first-order valence-corrected chi connectivity index (χ1v) is 5.79. The van der Waals surface area contributed by atoms with E-state index in [-0.39, 0.29) is 12.0 Å². The van der Waals surface area contributed by atoms with Gasteiger partial charge in [-0.3, -0.25) is 4.79 Å². The van der Waals surface area contributed by atoms with Gasteiger partial charge in [-0.05, 0) is 26.2 Å². The van der Waals surface area contributed by atoms with E-state index < -0.39 is 0 Å². The molecule has 0 saturated heterocycles. The minimum Gasteiger partial charge on any atom is -0.379 e. The zero-order valence-electron chi connectivity index (χ0n) is 10.7. The summed E-state index contributed by atoms with van der Waals surface area (Å²) in [5.74, 6) is 0.752. The third-order valence-corrected chi connectivity index (χ3v) is 2.05. The maximum atomic E-state index is 11.6. The lowest BCUT2D eigenvalue weighted by atomic mass is 10.2. The van der Waals surface area contributed by atoms with Crippen LogP contribution in [-0.2, 0) is 9.53 Å². The molecule has 15 heavy (non-hydrogen) atoms. The fourth-order valence-corrected chi connectivity index (χ4v) is 1.38. The summed E-state index contributed by atoms with van der Waals surface area (Å²) in [6.07, 6.45) is 1.67. The number of hydrogen-bond acceptors (Lipinski definition) is 2. The third-order valence-electron chi connectivity index (χ3n) is 2.05. The van der Waals surface area contributed by atoms with Crippen molar-refractivity contribution in [2.24, 2.45) is 5.92 Å². The number of nitrogens with zero attached hydrogens (tertiary/aromatic N) is 1. The van der Waals surface area contributed by atoms with Crippen molar-refractivity contribution >= 4 is 5.91 Å². The molecule has 0 atom stereocenters. The molecule has 0 unspecified atom stereocenters. The molecule has 0 heterocycles. The van der Waals surface area contributed by atoms with E-state index in [2.05, 4.69) is 13.8 Å². The van der Waals surface area contributed by atoms with Crippen molar-refractivity contribution in [1.29, 1.82) is 0 Å². The molecule has 0 aliphatic carbocycles. The Balaban J connectivity index is 3.56. The van der Waals surface area contributed by atoms with Crippen molar-refractivity contribution in [3.05, 3.63) is 0 Å². The summed E-state index contributed by atoms with van der Waals surface area (Å²) in [5, 5.41) is 0. The Bertz CT molecular complexity index is 178. The molecule has 0 aromatic heterocycles. The highest BCUT2D eigenvalue weighted by atomic mass is 16.5. The predicted molar refractivity (Wildman–Crippen MR) is 62.8 cm³/mol. The molecule has 0 aromatic rings. The normalized spacial score (nSPS) is 11.1. The standard InChI is InChI=1S/C12H25NO2/c1-10(2)9-13(5)12(14)7-6-8-15-11(3)4/h10-11H,6-9H2,1-5H3. The molecule has 0 spiro atoms. The average molecular weight is 215 g/mol. The van der Waals surface area contributed by atoms with E-state index in [1.54, 1.807) is 4.90 Å². The number of amides is 1. The number of ether oxygens (including phenoxy) is 1. The number of carbonyl (C=O) groups is 1. The highest BCUT2D eigenvalue weighted by molar-refractivity contribution is 5.75. The quantitative estimate of drug-likeness (QED) is 0.610. The van der Waals surface area contributed by atoms with Gasteiger partial charge in [-0.25, -0.2) is 0 Å². The molecule has 0 saturated carbocycles. The van der Waals surface area contributed by atoms with Crippen LogP contribution in [0.15, 0.2) is 0 Å². The molecule has 0 N–H and O–H groups in total. The largest absolute Gasteiger partial charge is 0.379 e. The summed E-state index contributed by atoms with van der Waals surface area (Å²) in [5.41, 5.74) is 0. The Morgan fingerprint density at radius 3 is 2.33 bits per heavy atom. The average Bonchev–Trinajstić information content (AvgIpc) is 2.10. The summed E-state index contributed by atoms with van der Waals surface area (Å²) in [4.78, 5) is 13.4. The van der Waals surface area contributed by atoms with Crippen LogP contribution >= 0.6 is 0 Å². The first-order valence-electron chi connectivity index (χ1n) is 5.79. The van der Waals surface area contributed by atoms with E-state index in [4.69, 9.17) is 4.74 Å². The zero-order chi connectivity index (χ0) is 11.8. The molecule has 0 radical (unpaired) electrons. The van der Waals surface area contributed by atoms with Gasteiger partial charge in [0.2, 0.25) is 5.91 Å². The van der Waals surface area contributed by atoms with Gasteiger partial charge in [-0.1, -0.05) is 13.8 Å². The fourth-order valence-electron chi connectivity index (χ4n) is 1.38. The summed E-state index contributed by atoms with van der Waals surface area (Å²) in [7, 11) is 1.87.